The fourth-order valence-electron chi connectivity index (χ4n) is 5.37. The van der Waals surface area contributed by atoms with Gasteiger partial charge in [-0.15, -0.1) is 0 Å². The average Bonchev–Trinajstić information content (AvgIpc) is 3.46. The molecule has 0 spiro atoms. The van der Waals surface area contributed by atoms with Crippen molar-refractivity contribution in [1.82, 2.24) is 0 Å². The van der Waals surface area contributed by atoms with Crippen LogP contribution < -0.4 is 4.90 Å². The number of ether oxygens (including phenoxy) is 1. The van der Waals surface area contributed by atoms with Gasteiger partial charge < -0.3 is 4.74 Å². The molecule has 1 aliphatic heterocycles. The van der Waals surface area contributed by atoms with E-state index in [4.69, 9.17) is 4.74 Å². The molecule has 2 amide bonds. The maximum absolute atomic E-state index is 13.0. The summed E-state index contributed by atoms with van der Waals surface area (Å²) in [7, 11) is 0. The Bertz CT molecular complexity index is 1070. The highest BCUT2D eigenvalue weighted by atomic mass is 79.9. The first kappa shape index (κ1) is 20.1. The van der Waals surface area contributed by atoms with E-state index in [0.29, 0.717) is 23.1 Å². The lowest BCUT2D eigenvalue weighted by Crippen LogP contribution is -2.32. The van der Waals surface area contributed by atoms with Crippen molar-refractivity contribution in [3.05, 3.63) is 64.1 Å². The van der Waals surface area contributed by atoms with E-state index in [2.05, 4.69) is 15.9 Å². The number of ketones is 1. The van der Waals surface area contributed by atoms with Crippen molar-refractivity contribution < 1.29 is 23.9 Å². The van der Waals surface area contributed by atoms with Crippen LogP contribution in [0.1, 0.15) is 40.0 Å². The van der Waals surface area contributed by atoms with Crippen LogP contribution in [0.15, 0.2) is 53.0 Å². The van der Waals surface area contributed by atoms with Gasteiger partial charge in [-0.1, -0.05) is 34.1 Å². The Balaban J connectivity index is 1.29. The molecule has 3 aliphatic rings. The van der Waals surface area contributed by atoms with Gasteiger partial charge in [0, 0.05) is 10.0 Å². The molecule has 3 fully saturated rings. The molecule has 2 aromatic carbocycles. The molecule has 1 saturated heterocycles. The van der Waals surface area contributed by atoms with Crippen LogP contribution in [0.25, 0.3) is 0 Å². The summed E-state index contributed by atoms with van der Waals surface area (Å²) in [5.41, 5.74) is 1.03. The van der Waals surface area contributed by atoms with Crippen LogP contribution in [-0.4, -0.2) is 30.2 Å². The monoisotopic (exact) mass is 481 g/mol. The second-order valence-corrected chi connectivity index (χ2v) is 9.37. The zero-order valence-corrected chi connectivity index (χ0v) is 18.2. The summed E-state index contributed by atoms with van der Waals surface area (Å²) in [4.78, 5) is 52.0. The number of hydrogen-bond donors (Lipinski definition) is 0. The predicted molar refractivity (Wildman–Crippen MR) is 116 cm³/mol. The van der Waals surface area contributed by atoms with E-state index in [1.54, 1.807) is 42.5 Å². The number of hydrogen-bond acceptors (Lipinski definition) is 5. The van der Waals surface area contributed by atoms with Crippen LogP contribution in [0.5, 0.6) is 0 Å². The molecule has 2 saturated carbocycles. The maximum atomic E-state index is 13.0. The number of anilines is 1. The topological polar surface area (TPSA) is 80.8 Å². The number of imide groups is 1. The number of benzene rings is 2. The minimum Gasteiger partial charge on any atom is -0.454 e. The lowest BCUT2D eigenvalue weighted by atomic mass is 9.81. The minimum absolute atomic E-state index is 0.155. The van der Waals surface area contributed by atoms with Crippen LogP contribution in [0.3, 0.4) is 0 Å². The molecule has 4 atom stereocenters. The Hall–Kier alpha value is -2.80. The van der Waals surface area contributed by atoms with E-state index in [1.807, 2.05) is 0 Å². The first-order valence-electron chi connectivity index (χ1n) is 10.4. The van der Waals surface area contributed by atoms with Crippen LogP contribution >= 0.6 is 15.9 Å². The van der Waals surface area contributed by atoms with Crippen molar-refractivity contribution in [2.24, 2.45) is 23.7 Å². The molecule has 2 aromatic rings. The molecule has 0 N–H and O–H groups in total. The van der Waals surface area contributed by atoms with Gasteiger partial charge in [0.05, 0.1) is 23.1 Å². The normalized spacial score (nSPS) is 26.3. The van der Waals surface area contributed by atoms with Crippen molar-refractivity contribution >= 4 is 45.2 Å². The third-order valence-electron chi connectivity index (χ3n) is 6.77. The lowest BCUT2D eigenvalue weighted by molar-refractivity contribution is -0.123. The van der Waals surface area contributed by atoms with Crippen molar-refractivity contribution in [3.63, 3.8) is 0 Å². The van der Waals surface area contributed by atoms with Crippen LogP contribution in [0.2, 0.25) is 0 Å². The van der Waals surface area contributed by atoms with Crippen LogP contribution in [-0.2, 0) is 14.3 Å². The summed E-state index contributed by atoms with van der Waals surface area (Å²) in [6.07, 6.45) is 2.99. The second kappa shape index (κ2) is 7.71. The van der Waals surface area contributed by atoms with Crippen molar-refractivity contribution in [2.75, 3.05) is 11.5 Å². The molecule has 158 valence electrons. The number of amides is 2. The van der Waals surface area contributed by atoms with E-state index < -0.39 is 5.97 Å². The minimum atomic E-state index is -0.674. The zero-order valence-electron chi connectivity index (χ0n) is 16.6. The number of halogens is 1. The van der Waals surface area contributed by atoms with Crippen molar-refractivity contribution in [1.29, 1.82) is 0 Å². The Kier molecular flexibility index (Phi) is 5.01. The highest BCUT2D eigenvalue weighted by Crippen LogP contribution is 2.56. The quantitative estimate of drug-likeness (QED) is 0.365. The van der Waals surface area contributed by atoms with E-state index >= 15 is 0 Å². The molecule has 7 heteroatoms. The first-order valence-corrected chi connectivity index (χ1v) is 11.2. The second-order valence-electron chi connectivity index (χ2n) is 8.45. The summed E-state index contributed by atoms with van der Waals surface area (Å²) in [5, 5.41) is 0. The van der Waals surface area contributed by atoms with Gasteiger partial charge in [0.1, 0.15) is 0 Å². The summed E-state index contributed by atoms with van der Waals surface area (Å²) in [5.74, 6) is -1.13. The fraction of sp³-hybridized carbons (Fsp3) is 0.333. The summed E-state index contributed by atoms with van der Waals surface area (Å²) in [6, 6.07) is 13.1. The van der Waals surface area contributed by atoms with Gasteiger partial charge in [-0.25, -0.2) is 4.79 Å². The van der Waals surface area contributed by atoms with Gasteiger partial charge in [-0.05, 0) is 61.4 Å². The Morgan fingerprint density at radius 1 is 0.935 bits per heavy atom. The standard InChI is InChI=1S/C24H20BrNO5/c25-17-8-6-13(7-9-17)19(27)12-31-24(30)16-2-1-3-18(11-16)26-22(28)20-14-4-5-15(10-14)21(20)23(26)29/h1-3,6-9,11,14-15,20-21H,4-5,10,12H2/t14-,15+,20-,21+. The molecule has 0 unspecified atom stereocenters. The van der Waals surface area contributed by atoms with Crippen LogP contribution in [0.4, 0.5) is 5.69 Å². The van der Waals surface area contributed by atoms with Gasteiger partial charge >= 0.3 is 5.97 Å². The fourth-order valence-corrected chi connectivity index (χ4v) is 5.63. The molecule has 5 rings (SSSR count). The summed E-state index contributed by atoms with van der Waals surface area (Å²) in [6.45, 7) is -0.389. The average molecular weight is 482 g/mol. The highest BCUT2D eigenvalue weighted by molar-refractivity contribution is 9.10. The Morgan fingerprint density at radius 3 is 2.23 bits per heavy atom. The van der Waals surface area contributed by atoms with Gasteiger partial charge in [0.25, 0.3) is 0 Å². The Labute approximate surface area is 187 Å². The van der Waals surface area contributed by atoms with Gasteiger partial charge in [0.15, 0.2) is 12.4 Å². The third-order valence-corrected chi connectivity index (χ3v) is 7.30. The number of fused-ring (bicyclic) bond motifs is 5. The molecule has 0 radical (unpaired) electrons. The van der Waals surface area contributed by atoms with Gasteiger partial charge in [-0.3, -0.25) is 19.3 Å². The van der Waals surface area contributed by atoms with E-state index in [-0.39, 0.29) is 41.6 Å². The number of Topliss-reactive ketones (excluding diaryl/α,β-unsaturated/α-hetero) is 1. The Morgan fingerprint density at radius 2 is 1.58 bits per heavy atom. The van der Waals surface area contributed by atoms with E-state index in [1.165, 1.54) is 11.0 Å². The molecular weight excluding hydrogens is 462 g/mol. The van der Waals surface area contributed by atoms with E-state index in [0.717, 1.165) is 23.7 Å². The number of nitrogens with zero attached hydrogens (tertiary/aromatic N) is 1. The van der Waals surface area contributed by atoms with Crippen LogP contribution in [0, 0.1) is 23.7 Å². The maximum Gasteiger partial charge on any atom is 0.338 e. The third kappa shape index (κ3) is 3.41. The molecular formula is C24H20BrNO5. The van der Waals surface area contributed by atoms with Gasteiger partial charge in [0.2, 0.25) is 11.8 Å². The van der Waals surface area contributed by atoms with E-state index in [9.17, 15) is 19.2 Å². The lowest BCUT2D eigenvalue weighted by Gasteiger charge is -2.19. The summed E-state index contributed by atoms with van der Waals surface area (Å²) >= 11 is 3.31. The number of carbonyl (C=O) groups excluding carboxylic acids is 4. The molecule has 1 heterocycles. The molecule has 6 nitrogen and oxygen atoms in total. The molecule has 2 aliphatic carbocycles. The smallest absolute Gasteiger partial charge is 0.338 e. The van der Waals surface area contributed by atoms with Crippen molar-refractivity contribution in [3.8, 4) is 0 Å². The SMILES string of the molecule is O=C(COC(=O)c1cccc(N2C(=O)[C@@H]3[C@@H]4CC[C@@H](C4)[C@@H]3C2=O)c1)c1ccc(Br)cc1. The number of rotatable bonds is 5. The first-order chi connectivity index (χ1) is 14.9. The number of esters is 1. The zero-order chi connectivity index (χ0) is 21.7. The predicted octanol–water partition coefficient (Wildman–Crippen LogP) is 4.02. The largest absolute Gasteiger partial charge is 0.454 e. The van der Waals surface area contributed by atoms with Gasteiger partial charge in [-0.2, -0.15) is 0 Å². The molecule has 2 bridgehead atoms. The summed E-state index contributed by atoms with van der Waals surface area (Å²) < 4.78 is 6.02. The molecule has 31 heavy (non-hydrogen) atoms. The number of carbonyl (C=O) groups is 4. The molecule has 0 aromatic heterocycles. The van der Waals surface area contributed by atoms with Crippen molar-refractivity contribution in [2.45, 2.75) is 19.3 Å². The highest BCUT2D eigenvalue weighted by Gasteiger charge is 2.61.